The highest BCUT2D eigenvalue weighted by molar-refractivity contribution is 5.41. The third-order valence-electron chi connectivity index (χ3n) is 3.68. The van der Waals surface area contributed by atoms with Crippen molar-refractivity contribution in [3.8, 4) is 0 Å². The molecule has 1 atom stereocenters. The van der Waals surface area contributed by atoms with E-state index in [0.717, 1.165) is 12.8 Å². The molecule has 2 rings (SSSR count). The van der Waals surface area contributed by atoms with E-state index in [9.17, 15) is 0 Å². The summed E-state index contributed by atoms with van der Waals surface area (Å²) in [7, 11) is 0. The molecule has 1 saturated carbocycles. The summed E-state index contributed by atoms with van der Waals surface area (Å²) in [6, 6.07) is 8.57. The van der Waals surface area contributed by atoms with Crippen LogP contribution in [-0.2, 0) is 12.0 Å². The van der Waals surface area contributed by atoms with Crippen LogP contribution in [0.25, 0.3) is 0 Å². The van der Waals surface area contributed by atoms with Crippen LogP contribution in [0.5, 0.6) is 0 Å². The molecule has 76 valence electrons. The highest BCUT2D eigenvalue weighted by Crippen LogP contribution is 2.60. The maximum Gasteiger partial charge on any atom is 0.0470 e. The Morgan fingerprint density at radius 3 is 2.36 bits per heavy atom. The van der Waals surface area contributed by atoms with Crippen molar-refractivity contribution in [2.75, 3.05) is 0 Å². The van der Waals surface area contributed by atoms with Crippen LogP contribution in [0.3, 0.4) is 0 Å². The van der Waals surface area contributed by atoms with Crippen LogP contribution in [0, 0.1) is 5.41 Å². The minimum Gasteiger partial charge on any atom is -0.321 e. The molecule has 0 bridgehead atoms. The summed E-state index contributed by atoms with van der Waals surface area (Å²) in [6.45, 7) is 6.69. The third-order valence-corrected chi connectivity index (χ3v) is 3.68. The standard InChI is InChI=1S/C13H19N/c1-4-10-7-5-6-8-11(10)13(14)9-12(13,2)3/h5-8H,4,9,14H2,1-3H3. The van der Waals surface area contributed by atoms with E-state index in [2.05, 4.69) is 45.0 Å². The highest BCUT2D eigenvalue weighted by Gasteiger charge is 2.59. The van der Waals surface area contributed by atoms with Crippen molar-refractivity contribution >= 4 is 0 Å². The predicted molar refractivity (Wildman–Crippen MR) is 60.1 cm³/mol. The SMILES string of the molecule is CCc1ccccc1C1(N)CC1(C)C. The molecule has 1 aromatic rings. The summed E-state index contributed by atoms with van der Waals surface area (Å²) in [4.78, 5) is 0. The van der Waals surface area contributed by atoms with Gasteiger partial charge >= 0.3 is 0 Å². The Kier molecular flexibility index (Phi) is 1.97. The van der Waals surface area contributed by atoms with Gasteiger partial charge in [0.1, 0.15) is 0 Å². The Morgan fingerprint density at radius 1 is 1.29 bits per heavy atom. The van der Waals surface area contributed by atoms with Crippen molar-refractivity contribution in [1.82, 2.24) is 0 Å². The lowest BCUT2D eigenvalue weighted by molar-refractivity contribution is 0.507. The maximum atomic E-state index is 6.42. The van der Waals surface area contributed by atoms with Crippen molar-refractivity contribution in [2.45, 2.75) is 39.2 Å². The topological polar surface area (TPSA) is 26.0 Å². The van der Waals surface area contributed by atoms with Gasteiger partial charge in [-0.3, -0.25) is 0 Å². The molecule has 0 heterocycles. The molecule has 0 saturated heterocycles. The summed E-state index contributed by atoms with van der Waals surface area (Å²) >= 11 is 0. The molecule has 0 spiro atoms. The Labute approximate surface area is 86.3 Å². The van der Waals surface area contributed by atoms with E-state index < -0.39 is 0 Å². The average Bonchev–Trinajstić information content (AvgIpc) is 2.67. The van der Waals surface area contributed by atoms with E-state index in [1.165, 1.54) is 11.1 Å². The van der Waals surface area contributed by atoms with Gasteiger partial charge in [-0.15, -0.1) is 0 Å². The first-order chi connectivity index (χ1) is 6.51. The van der Waals surface area contributed by atoms with Crippen molar-refractivity contribution < 1.29 is 0 Å². The molecule has 1 aromatic carbocycles. The van der Waals surface area contributed by atoms with Gasteiger partial charge in [-0.25, -0.2) is 0 Å². The number of hydrogen-bond acceptors (Lipinski definition) is 1. The first kappa shape index (κ1) is 9.72. The van der Waals surface area contributed by atoms with E-state index in [1.54, 1.807) is 0 Å². The first-order valence-electron chi connectivity index (χ1n) is 5.38. The van der Waals surface area contributed by atoms with Gasteiger partial charge in [0.2, 0.25) is 0 Å². The van der Waals surface area contributed by atoms with Crippen LogP contribution in [0.1, 0.15) is 38.3 Å². The van der Waals surface area contributed by atoms with Gasteiger partial charge in [0, 0.05) is 5.54 Å². The molecule has 1 fully saturated rings. The van der Waals surface area contributed by atoms with Crippen LogP contribution < -0.4 is 5.73 Å². The zero-order valence-corrected chi connectivity index (χ0v) is 9.30. The monoisotopic (exact) mass is 189 g/mol. The van der Waals surface area contributed by atoms with Crippen LogP contribution >= 0.6 is 0 Å². The van der Waals surface area contributed by atoms with E-state index in [-0.39, 0.29) is 11.0 Å². The molecule has 1 aliphatic carbocycles. The van der Waals surface area contributed by atoms with Crippen molar-refractivity contribution in [3.63, 3.8) is 0 Å². The molecule has 1 aliphatic rings. The van der Waals surface area contributed by atoms with Gasteiger partial charge in [0.25, 0.3) is 0 Å². The van der Waals surface area contributed by atoms with Gasteiger partial charge in [-0.05, 0) is 29.4 Å². The predicted octanol–water partition coefficient (Wildman–Crippen LogP) is 2.83. The molecular formula is C13H19N. The first-order valence-corrected chi connectivity index (χ1v) is 5.38. The fourth-order valence-corrected chi connectivity index (χ4v) is 2.38. The zero-order chi connectivity index (χ0) is 10.4. The smallest absolute Gasteiger partial charge is 0.0470 e. The molecule has 0 amide bonds. The second-order valence-corrected chi connectivity index (χ2v) is 5.04. The Balaban J connectivity index is 2.43. The number of hydrogen-bond donors (Lipinski definition) is 1. The molecule has 0 aromatic heterocycles. The second-order valence-electron chi connectivity index (χ2n) is 5.04. The number of benzene rings is 1. The maximum absolute atomic E-state index is 6.42. The van der Waals surface area contributed by atoms with Crippen molar-refractivity contribution in [3.05, 3.63) is 35.4 Å². The van der Waals surface area contributed by atoms with Gasteiger partial charge in [0.15, 0.2) is 0 Å². The van der Waals surface area contributed by atoms with Gasteiger partial charge < -0.3 is 5.73 Å². The highest BCUT2D eigenvalue weighted by atomic mass is 14.9. The van der Waals surface area contributed by atoms with E-state index in [4.69, 9.17) is 5.73 Å². The molecule has 0 aliphatic heterocycles. The lowest BCUT2D eigenvalue weighted by Crippen LogP contribution is -2.26. The third kappa shape index (κ3) is 1.19. The second kappa shape index (κ2) is 2.83. The van der Waals surface area contributed by atoms with Gasteiger partial charge in [-0.1, -0.05) is 45.0 Å². The quantitative estimate of drug-likeness (QED) is 0.760. The molecular weight excluding hydrogens is 170 g/mol. The van der Waals surface area contributed by atoms with E-state index >= 15 is 0 Å². The summed E-state index contributed by atoms with van der Waals surface area (Å²) < 4.78 is 0. The van der Waals surface area contributed by atoms with Crippen molar-refractivity contribution in [2.24, 2.45) is 11.1 Å². The van der Waals surface area contributed by atoms with Crippen molar-refractivity contribution in [1.29, 1.82) is 0 Å². The largest absolute Gasteiger partial charge is 0.321 e. The van der Waals surface area contributed by atoms with Gasteiger partial charge in [-0.2, -0.15) is 0 Å². The Hall–Kier alpha value is -0.820. The Bertz CT molecular complexity index is 354. The molecule has 1 nitrogen and oxygen atoms in total. The molecule has 0 radical (unpaired) electrons. The normalized spacial score (nSPS) is 28.9. The molecule has 1 unspecified atom stereocenters. The Morgan fingerprint density at radius 2 is 1.86 bits per heavy atom. The van der Waals surface area contributed by atoms with E-state index in [1.807, 2.05) is 0 Å². The zero-order valence-electron chi connectivity index (χ0n) is 9.30. The summed E-state index contributed by atoms with van der Waals surface area (Å²) in [5, 5.41) is 0. The van der Waals surface area contributed by atoms with Crippen LogP contribution in [0.4, 0.5) is 0 Å². The fourth-order valence-electron chi connectivity index (χ4n) is 2.38. The number of aryl methyl sites for hydroxylation is 1. The molecule has 2 N–H and O–H groups in total. The van der Waals surface area contributed by atoms with Crippen LogP contribution in [0.2, 0.25) is 0 Å². The van der Waals surface area contributed by atoms with Crippen LogP contribution in [0.15, 0.2) is 24.3 Å². The average molecular weight is 189 g/mol. The fraction of sp³-hybridized carbons (Fsp3) is 0.538. The molecule has 1 heteroatoms. The summed E-state index contributed by atoms with van der Waals surface area (Å²) in [5.41, 5.74) is 9.39. The lowest BCUT2D eigenvalue weighted by atomic mass is 9.92. The number of nitrogens with two attached hydrogens (primary N) is 1. The lowest BCUT2D eigenvalue weighted by Gasteiger charge is -2.18. The summed E-state index contributed by atoms with van der Waals surface area (Å²) in [6.07, 6.45) is 2.18. The summed E-state index contributed by atoms with van der Waals surface area (Å²) in [5.74, 6) is 0. The minimum absolute atomic E-state index is 0.0698. The number of rotatable bonds is 2. The van der Waals surface area contributed by atoms with E-state index in [0.29, 0.717) is 0 Å². The molecule has 14 heavy (non-hydrogen) atoms. The van der Waals surface area contributed by atoms with Crippen LogP contribution in [-0.4, -0.2) is 0 Å². The minimum atomic E-state index is -0.0698. The van der Waals surface area contributed by atoms with Gasteiger partial charge in [0.05, 0.1) is 0 Å².